The Bertz CT molecular complexity index is 243. The van der Waals surface area contributed by atoms with Gasteiger partial charge in [-0.1, -0.05) is 6.42 Å². The standard InChI is InChI=1S/C15H30N2O/c1-15(2,3)16-11-13-7-4-5-9-17(13)12-14-8-6-10-18-14/h13-14,16H,4-12H2,1-3H3. The number of ether oxygens (including phenoxy) is 1. The minimum absolute atomic E-state index is 0.229. The summed E-state index contributed by atoms with van der Waals surface area (Å²) < 4.78 is 5.79. The van der Waals surface area contributed by atoms with Gasteiger partial charge in [0.25, 0.3) is 0 Å². The molecule has 106 valence electrons. The van der Waals surface area contributed by atoms with Gasteiger partial charge in [-0.3, -0.25) is 4.90 Å². The van der Waals surface area contributed by atoms with Crippen molar-refractivity contribution in [2.24, 2.45) is 0 Å². The van der Waals surface area contributed by atoms with Gasteiger partial charge in [-0.2, -0.15) is 0 Å². The molecule has 0 saturated carbocycles. The summed E-state index contributed by atoms with van der Waals surface area (Å²) >= 11 is 0. The molecule has 2 unspecified atom stereocenters. The van der Waals surface area contributed by atoms with Crippen molar-refractivity contribution in [3.8, 4) is 0 Å². The zero-order valence-electron chi connectivity index (χ0n) is 12.4. The van der Waals surface area contributed by atoms with Gasteiger partial charge < -0.3 is 10.1 Å². The molecular formula is C15H30N2O. The van der Waals surface area contributed by atoms with Gasteiger partial charge in [0.05, 0.1) is 6.10 Å². The van der Waals surface area contributed by atoms with Crippen molar-refractivity contribution in [1.29, 1.82) is 0 Å². The summed E-state index contributed by atoms with van der Waals surface area (Å²) in [5, 5.41) is 3.66. The van der Waals surface area contributed by atoms with Crippen LogP contribution in [0.2, 0.25) is 0 Å². The number of piperidine rings is 1. The molecule has 2 fully saturated rings. The van der Waals surface area contributed by atoms with Gasteiger partial charge in [-0.05, 0) is 53.0 Å². The maximum Gasteiger partial charge on any atom is 0.0702 e. The van der Waals surface area contributed by atoms with Crippen LogP contribution in [0.15, 0.2) is 0 Å². The Morgan fingerprint density at radius 2 is 2.00 bits per heavy atom. The molecule has 2 aliphatic rings. The Hall–Kier alpha value is -0.120. The molecular weight excluding hydrogens is 224 g/mol. The topological polar surface area (TPSA) is 24.5 Å². The Morgan fingerprint density at radius 1 is 1.17 bits per heavy atom. The zero-order chi connectivity index (χ0) is 13.0. The highest BCUT2D eigenvalue weighted by Gasteiger charge is 2.27. The summed E-state index contributed by atoms with van der Waals surface area (Å²) in [5.74, 6) is 0. The Labute approximate surface area is 112 Å². The summed E-state index contributed by atoms with van der Waals surface area (Å²) in [6.45, 7) is 11.3. The van der Waals surface area contributed by atoms with Gasteiger partial charge in [0.1, 0.15) is 0 Å². The van der Waals surface area contributed by atoms with Crippen LogP contribution in [0.4, 0.5) is 0 Å². The number of nitrogens with one attached hydrogen (secondary N) is 1. The van der Waals surface area contributed by atoms with Crippen LogP contribution >= 0.6 is 0 Å². The fraction of sp³-hybridized carbons (Fsp3) is 1.00. The molecule has 0 aliphatic carbocycles. The van der Waals surface area contributed by atoms with Crippen LogP contribution in [0.3, 0.4) is 0 Å². The highest BCUT2D eigenvalue weighted by Crippen LogP contribution is 2.21. The van der Waals surface area contributed by atoms with Crippen molar-refractivity contribution in [2.75, 3.05) is 26.2 Å². The first-order valence-corrected chi connectivity index (χ1v) is 7.65. The van der Waals surface area contributed by atoms with E-state index in [2.05, 4.69) is 31.0 Å². The first-order valence-electron chi connectivity index (χ1n) is 7.65. The van der Waals surface area contributed by atoms with Crippen molar-refractivity contribution in [3.05, 3.63) is 0 Å². The second-order valence-corrected chi connectivity index (χ2v) is 6.91. The smallest absolute Gasteiger partial charge is 0.0702 e. The third-order valence-electron chi connectivity index (χ3n) is 4.08. The van der Waals surface area contributed by atoms with Crippen LogP contribution in [-0.4, -0.2) is 48.8 Å². The molecule has 0 aromatic rings. The number of hydrogen-bond acceptors (Lipinski definition) is 3. The summed E-state index contributed by atoms with van der Waals surface area (Å²) in [5.41, 5.74) is 0.229. The van der Waals surface area contributed by atoms with Crippen LogP contribution in [-0.2, 0) is 4.74 Å². The summed E-state index contributed by atoms with van der Waals surface area (Å²) in [6, 6.07) is 0.710. The fourth-order valence-electron chi connectivity index (χ4n) is 3.01. The van der Waals surface area contributed by atoms with E-state index in [4.69, 9.17) is 4.74 Å². The minimum atomic E-state index is 0.229. The molecule has 2 heterocycles. The van der Waals surface area contributed by atoms with Gasteiger partial charge in [-0.25, -0.2) is 0 Å². The van der Waals surface area contributed by atoms with Crippen LogP contribution in [0.5, 0.6) is 0 Å². The number of hydrogen-bond donors (Lipinski definition) is 1. The monoisotopic (exact) mass is 254 g/mol. The van der Waals surface area contributed by atoms with Gasteiger partial charge in [-0.15, -0.1) is 0 Å². The summed E-state index contributed by atoms with van der Waals surface area (Å²) in [4.78, 5) is 2.66. The molecule has 0 aromatic heterocycles. The lowest BCUT2D eigenvalue weighted by Crippen LogP contribution is -2.51. The molecule has 0 bridgehead atoms. The molecule has 2 saturated heterocycles. The highest BCUT2D eigenvalue weighted by atomic mass is 16.5. The predicted molar refractivity (Wildman–Crippen MR) is 75.9 cm³/mol. The normalized spacial score (nSPS) is 30.8. The van der Waals surface area contributed by atoms with E-state index < -0.39 is 0 Å². The van der Waals surface area contributed by atoms with Gasteiger partial charge in [0.15, 0.2) is 0 Å². The largest absolute Gasteiger partial charge is 0.377 e. The van der Waals surface area contributed by atoms with E-state index in [0.717, 1.165) is 19.7 Å². The second kappa shape index (κ2) is 6.36. The van der Waals surface area contributed by atoms with Gasteiger partial charge >= 0.3 is 0 Å². The molecule has 0 radical (unpaired) electrons. The Kier molecular flexibility index (Phi) is 5.05. The van der Waals surface area contributed by atoms with E-state index in [1.54, 1.807) is 0 Å². The van der Waals surface area contributed by atoms with Crippen molar-refractivity contribution in [2.45, 2.75) is 70.6 Å². The fourth-order valence-corrected chi connectivity index (χ4v) is 3.01. The van der Waals surface area contributed by atoms with Crippen LogP contribution in [0, 0.1) is 0 Å². The minimum Gasteiger partial charge on any atom is -0.377 e. The molecule has 0 spiro atoms. The third-order valence-corrected chi connectivity index (χ3v) is 4.08. The van der Waals surface area contributed by atoms with Gasteiger partial charge in [0, 0.05) is 31.3 Å². The van der Waals surface area contributed by atoms with Crippen molar-refractivity contribution < 1.29 is 4.74 Å². The Morgan fingerprint density at radius 3 is 2.67 bits per heavy atom. The molecule has 2 rings (SSSR count). The molecule has 18 heavy (non-hydrogen) atoms. The van der Waals surface area contributed by atoms with E-state index in [1.165, 1.54) is 38.6 Å². The molecule has 3 heteroatoms. The lowest BCUT2D eigenvalue weighted by Gasteiger charge is -2.38. The highest BCUT2D eigenvalue weighted by molar-refractivity contribution is 4.84. The quantitative estimate of drug-likeness (QED) is 0.834. The third kappa shape index (κ3) is 4.52. The molecule has 1 N–H and O–H groups in total. The van der Waals surface area contributed by atoms with E-state index in [1.807, 2.05) is 0 Å². The maximum atomic E-state index is 5.79. The lowest BCUT2D eigenvalue weighted by atomic mass is 9.99. The van der Waals surface area contributed by atoms with Crippen molar-refractivity contribution >= 4 is 0 Å². The maximum absolute atomic E-state index is 5.79. The molecule has 2 atom stereocenters. The van der Waals surface area contributed by atoms with Gasteiger partial charge in [0.2, 0.25) is 0 Å². The zero-order valence-corrected chi connectivity index (χ0v) is 12.4. The van der Waals surface area contributed by atoms with Crippen molar-refractivity contribution in [3.63, 3.8) is 0 Å². The Balaban J connectivity index is 1.81. The van der Waals surface area contributed by atoms with E-state index in [9.17, 15) is 0 Å². The predicted octanol–water partition coefficient (Wildman–Crippen LogP) is 2.41. The second-order valence-electron chi connectivity index (χ2n) is 6.91. The molecule has 0 amide bonds. The number of likely N-dealkylation sites (tertiary alicyclic amines) is 1. The van der Waals surface area contributed by atoms with Crippen molar-refractivity contribution in [1.82, 2.24) is 10.2 Å². The van der Waals surface area contributed by atoms with E-state index in [0.29, 0.717) is 12.1 Å². The number of nitrogens with zero attached hydrogens (tertiary/aromatic N) is 1. The number of rotatable bonds is 4. The summed E-state index contributed by atoms with van der Waals surface area (Å²) in [7, 11) is 0. The van der Waals surface area contributed by atoms with Crippen LogP contribution in [0.1, 0.15) is 52.9 Å². The van der Waals surface area contributed by atoms with Crippen LogP contribution < -0.4 is 5.32 Å². The first kappa shape index (κ1) is 14.3. The van der Waals surface area contributed by atoms with E-state index >= 15 is 0 Å². The average molecular weight is 254 g/mol. The summed E-state index contributed by atoms with van der Waals surface area (Å²) in [6.07, 6.45) is 7.10. The van der Waals surface area contributed by atoms with E-state index in [-0.39, 0.29) is 5.54 Å². The first-order chi connectivity index (χ1) is 8.54. The lowest BCUT2D eigenvalue weighted by molar-refractivity contribution is 0.0429. The average Bonchev–Trinajstić information content (AvgIpc) is 2.80. The molecule has 3 nitrogen and oxygen atoms in total. The molecule has 0 aromatic carbocycles. The SMILES string of the molecule is CC(C)(C)NCC1CCCCN1CC1CCCO1. The van der Waals surface area contributed by atoms with Crippen LogP contribution in [0.25, 0.3) is 0 Å². The molecule has 2 aliphatic heterocycles.